The van der Waals surface area contributed by atoms with Gasteiger partial charge in [-0.25, -0.2) is 4.79 Å². The van der Waals surface area contributed by atoms with E-state index >= 15 is 0 Å². The Morgan fingerprint density at radius 1 is 0.929 bits per heavy atom. The molecule has 0 bridgehead atoms. The van der Waals surface area contributed by atoms with Crippen molar-refractivity contribution < 1.29 is 9.90 Å². The topological polar surface area (TPSA) is 61.4 Å². The fraction of sp³-hybridized carbons (Fsp3) is 0.458. The van der Waals surface area contributed by atoms with Crippen LogP contribution in [-0.4, -0.2) is 29.7 Å². The summed E-state index contributed by atoms with van der Waals surface area (Å²) in [6.07, 6.45) is 6.30. The molecule has 0 saturated heterocycles. The average Bonchev–Trinajstić information content (AvgIpc) is 3.52. The van der Waals surface area contributed by atoms with Gasteiger partial charge in [0.05, 0.1) is 5.56 Å². The smallest absolute Gasteiger partial charge is 0.335 e. The molecule has 4 heteroatoms. The van der Waals surface area contributed by atoms with E-state index in [4.69, 9.17) is 5.11 Å². The lowest BCUT2D eigenvalue weighted by molar-refractivity contribution is 0.0697. The summed E-state index contributed by atoms with van der Waals surface area (Å²) < 4.78 is 0. The molecule has 28 heavy (non-hydrogen) atoms. The van der Waals surface area contributed by atoms with E-state index in [1.54, 1.807) is 12.1 Å². The van der Waals surface area contributed by atoms with Gasteiger partial charge in [0.2, 0.25) is 0 Å². The molecule has 0 aliphatic heterocycles. The van der Waals surface area contributed by atoms with Crippen LogP contribution in [0.15, 0.2) is 54.6 Å². The molecule has 148 valence electrons. The van der Waals surface area contributed by atoms with E-state index in [0.717, 1.165) is 24.6 Å². The van der Waals surface area contributed by atoms with Gasteiger partial charge in [-0.05, 0) is 67.8 Å². The Labute approximate surface area is 167 Å². The number of carbonyl (C=O) groups is 1. The molecule has 4 rings (SSSR count). The van der Waals surface area contributed by atoms with Crippen molar-refractivity contribution in [1.29, 1.82) is 0 Å². The minimum atomic E-state index is -0.868. The lowest BCUT2D eigenvalue weighted by Crippen LogP contribution is -2.36. The predicted octanol–water partition coefficient (Wildman–Crippen LogP) is 4.18. The van der Waals surface area contributed by atoms with Gasteiger partial charge in [-0.3, -0.25) is 0 Å². The Kier molecular flexibility index (Phi) is 6.08. The third-order valence-electron chi connectivity index (χ3n) is 6.33. The number of benzene rings is 2. The summed E-state index contributed by atoms with van der Waals surface area (Å²) in [5.74, 6) is 0.643. The second-order valence-corrected chi connectivity index (χ2v) is 8.37. The minimum absolute atomic E-state index is 0.349. The Hall–Kier alpha value is -2.17. The van der Waals surface area contributed by atoms with Gasteiger partial charge in [-0.2, -0.15) is 0 Å². The van der Waals surface area contributed by atoms with Crippen molar-refractivity contribution >= 4 is 5.97 Å². The van der Waals surface area contributed by atoms with Gasteiger partial charge in [-0.15, -0.1) is 0 Å². The zero-order valence-electron chi connectivity index (χ0n) is 16.3. The summed E-state index contributed by atoms with van der Waals surface area (Å²) in [6, 6.07) is 19.3. The van der Waals surface area contributed by atoms with Crippen molar-refractivity contribution in [3.8, 4) is 0 Å². The molecule has 0 aromatic heterocycles. The van der Waals surface area contributed by atoms with E-state index in [2.05, 4.69) is 41.0 Å². The Morgan fingerprint density at radius 2 is 1.64 bits per heavy atom. The Bertz CT molecular complexity index is 767. The summed E-state index contributed by atoms with van der Waals surface area (Å²) in [5, 5.41) is 16.4. The lowest BCUT2D eigenvalue weighted by Gasteiger charge is -2.29. The fourth-order valence-electron chi connectivity index (χ4n) is 4.41. The van der Waals surface area contributed by atoms with Gasteiger partial charge in [0.15, 0.2) is 0 Å². The van der Waals surface area contributed by atoms with Crippen molar-refractivity contribution in [3.63, 3.8) is 0 Å². The van der Waals surface area contributed by atoms with Crippen LogP contribution in [0, 0.1) is 5.92 Å². The molecule has 0 amide bonds. The number of hydrogen-bond donors (Lipinski definition) is 3. The molecular weight excluding hydrogens is 348 g/mol. The first-order valence-corrected chi connectivity index (χ1v) is 10.5. The van der Waals surface area contributed by atoms with Crippen LogP contribution >= 0.6 is 0 Å². The molecule has 0 radical (unpaired) electrons. The molecule has 2 aliphatic carbocycles. The van der Waals surface area contributed by atoms with Gasteiger partial charge in [0.25, 0.3) is 0 Å². The van der Waals surface area contributed by atoms with E-state index in [0.29, 0.717) is 23.6 Å². The SMILES string of the molecule is O=C(O)c1ccc(CNC2CCC(CNC3CC3c3ccccc3)CC2)cc1. The fourth-order valence-corrected chi connectivity index (χ4v) is 4.41. The standard InChI is InChI=1S/C24H30N2O2/c27-24(28)20-10-6-17(7-11-20)15-25-21-12-8-18(9-13-21)16-26-23-14-22(23)19-4-2-1-3-5-19/h1-7,10-11,18,21-23,25-26H,8-9,12-16H2,(H,27,28). The first-order chi connectivity index (χ1) is 13.7. The summed E-state index contributed by atoms with van der Waals surface area (Å²) >= 11 is 0. The van der Waals surface area contributed by atoms with Crippen LogP contribution < -0.4 is 10.6 Å². The van der Waals surface area contributed by atoms with Crippen LogP contribution in [0.4, 0.5) is 0 Å². The zero-order valence-corrected chi connectivity index (χ0v) is 16.3. The number of nitrogens with one attached hydrogen (secondary N) is 2. The summed E-state index contributed by atoms with van der Waals surface area (Å²) in [4.78, 5) is 10.9. The molecule has 4 nitrogen and oxygen atoms in total. The van der Waals surface area contributed by atoms with Gasteiger partial charge < -0.3 is 15.7 Å². The van der Waals surface area contributed by atoms with Crippen LogP contribution in [-0.2, 0) is 6.54 Å². The molecule has 2 aromatic rings. The third-order valence-corrected chi connectivity index (χ3v) is 6.33. The highest BCUT2D eigenvalue weighted by Crippen LogP contribution is 2.40. The summed E-state index contributed by atoms with van der Waals surface area (Å²) in [5.41, 5.74) is 2.97. The summed E-state index contributed by atoms with van der Waals surface area (Å²) in [6.45, 7) is 1.96. The Morgan fingerprint density at radius 3 is 2.32 bits per heavy atom. The van der Waals surface area contributed by atoms with Crippen LogP contribution in [0.1, 0.15) is 59.5 Å². The molecule has 2 aliphatic rings. The van der Waals surface area contributed by atoms with Crippen LogP contribution in [0.25, 0.3) is 0 Å². The molecule has 2 atom stereocenters. The minimum Gasteiger partial charge on any atom is -0.478 e. The average molecular weight is 379 g/mol. The van der Waals surface area contributed by atoms with Crippen LogP contribution in [0.2, 0.25) is 0 Å². The molecule has 2 fully saturated rings. The number of rotatable bonds is 8. The number of hydrogen-bond acceptors (Lipinski definition) is 3. The second kappa shape index (κ2) is 8.89. The quantitative estimate of drug-likeness (QED) is 0.645. The van der Waals surface area contributed by atoms with E-state index in [9.17, 15) is 4.79 Å². The van der Waals surface area contributed by atoms with E-state index in [1.165, 1.54) is 37.7 Å². The van der Waals surface area contributed by atoms with E-state index in [1.807, 2.05) is 12.1 Å². The molecule has 2 saturated carbocycles. The molecule has 0 heterocycles. The highest BCUT2D eigenvalue weighted by Gasteiger charge is 2.38. The van der Waals surface area contributed by atoms with Gasteiger partial charge >= 0.3 is 5.97 Å². The van der Waals surface area contributed by atoms with Crippen molar-refractivity contribution in [2.75, 3.05) is 6.54 Å². The monoisotopic (exact) mass is 378 g/mol. The molecule has 3 N–H and O–H groups in total. The Balaban J connectivity index is 1.13. The predicted molar refractivity (Wildman–Crippen MR) is 112 cm³/mol. The van der Waals surface area contributed by atoms with Gasteiger partial charge in [-0.1, -0.05) is 42.5 Å². The zero-order chi connectivity index (χ0) is 19.3. The number of carboxylic acid groups (broad SMARTS) is 1. The maximum Gasteiger partial charge on any atom is 0.335 e. The third kappa shape index (κ3) is 5.00. The number of carboxylic acids is 1. The normalized spacial score (nSPS) is 26.7. The summed E-state index contributed by atoms with van der Waals surface area (Å²) in [7, 11) is 0. The maximum absolute atomic E-state index is 10.9. The highest BCUT2D eigenvalue weighted by atomic mass is 16.4. The molecular formula is C24H30N2O2. The first kappa shape index (κ1) is 19.2. The van der Waals surface area contributed by atoms with E-state index < -0.39 is 5.97 Å². The van der Waals surface area contributed by atoms with Crippen molar-refractivity contribution in [1.82, 2.24) is 10.6 Å². The van der Waals surface area contributed by atoms with Gasteiger partial charge in [0, 0.05) is 24.5 Å². The van der Waals surface area contributed by atoms with Crippen LogP contribution in [0.5, 0.6) is 0 Å². The molecule has 2 unspecified atom stereocenters. The second-order valence-electron chi connectivity index (χ2n) is 8.37. The molecule has 0 spiro atoms. The van der Waals surface area contributed by atoms with Crippen molar-refractivity contribution in [2.24, 2.45) is 5.92 Å². The number of aromatic carboxylic acids is 1. The van der Waals surface area contributed by atoms with E-state index in [-0.39, 0.29) is 0 Å². The highest BCUT2D eigenvalue weighted by molar-refractivity contribution is 5.87. The lowest BCUT2D eigenvalue weighted by atomic mass is 9.86. The maximum atomic E-state index is 10.9. The first-order valence-electron chi connectivity index (χ1n) is 10.5. The molecule has 2 aromatic carbocycles. The van der Waals surface area contributed by atoms with Crippen LogP contribution in [0.3, 0.4) is 0 Å². The largest absolute Gasteiger partial charge is 0.478 e. The van der Waals surface area contributed by atoms with Crippen molar-refractivity contribution in [3.05, 3.63) is 71.3 Å². The van der Waals surface area contributed by atoms with Crippen molar-refractivity contribution in [2.45, 2.75) is 56.7 Å². The van der Waals surface area contributed by atoms with Gasteiger partial charge in [0.1, 0.15) is 0 Å².